The van der Waals surface area contributed by atoms with E-state index < -0.39 is 10.0 Å². The summed E-state index contributed by atoms with van der Waals surface area (Å²) < 4.78 is 27.4. The van der Waals surface area contributed by atoms with Gasteiger partial charge in [0, 0.05) is 13.0 Å². The molecule has 0 saturated carbocycles. The highest BCUT2D eigenvalue weighted by atomic mass is 32.2. The summed E-state index contributed by atoms with van der Waals surface area (Å²) >= 11 is 0. The van der Waals surface area contributed by atoms with Crippen LogP contribution >= 0.6 is 0 Å². The molecule has 8 heteroatoms. The Morgan fingerprint density at radius 3 is 2.50 bits per heavy atom. The van der Waals surface area contributed by atoms with E-state index in [4.69, 9.17) is 9.56 Å². The van der Waals surface area contributed by atoms with Gasteiger partial charge in [0.1, 0.15) is 5.76 Å². The quantitative estimate of drug-likeness (QED) is 0.577. The summed E-state index contributed by atoms with van der Waals surface area (Å²) in [5.41, 5.74) is 0.997. The van der Waals surface area contributed by atoms with Crippen LogP contribution < -0.4 is 15.8 Å². The van der Waals surface area contributed by atoms with Crippen molar-refractivity contribution >= 4 is 15.9 Å². The molecule has 0 aliphatic carbocycles. The van der Waals surface area contributed by atoms with Crippen LogP contribution in [0.2, 0.25) is 0 Å². The van der Waals surface area contributed by atoms with Gasteiger partial charge in [-0.05, 0) is 42.8 Å². The molecule has 1 amide bonds. The first-order valence-corrected chi connectivity index (χ1v) is 9.11. The number of furan rings is 1. The summed E-state index contributed by atoms with van der Waals surface area (Å²) in [4.78, 5) is 11.7. The number of carbonyl (C=O) groups excluding carboxylic acids is 1. The SMILES string of the molecule is NS(=O)(=O)c1ccc(CCNCCC(=O)NCc2ccco2)cc1. The standard InChI is InChI=1S/C16H21N3O4S/c17-24(21,22)15-5-3-13(4-6-15)7-9-18-10-8-16(20)19-12-14-2-1-11-23-14/h1-6,11,18H,7-10,12H2,(H,19,20)(H2,17,21,22). The van der Waals surface area contributed by atoms with Crippen LogP contribution in [0.15, 0.2) is 52.0 Å². The molecule has 4 N–H and O–H groups in total. The third kappa shape index (κ3) is 6.15. The Labute approximate surface area is 141 Å². The van der Waals surface area contributed by atoms with E-state index in [9.17, 15) is 13.2 Å². The molecule has 0 aliphatic heterocycles. The minimum Gasteiger partial charge on any atom is -0.467 e. The van der Waals surface area contributed by atoms with Gasteiger partial charge in [0.15, 0.2) is 0 Å². The third-order valence-corrected chi connectivity index (χ3v) is 4.34. The number of amides is 1. The lowest BCUT2D eigenvalue weighted by atomic mass is 10.1. The van der Waals surface area contributed by atoms with E-state index in [0.29, 0.717) is 26.1 Å². The van der Waals surface area contributed by atoms with E-state index >= 15 is 0 Å². The fourth-order valence-corrected chi connectivity index (χ4v) is 2.61. The zero-order chi connectivity index (χ0) is 17.4. The van der Waals surface area contributed by atoms with Gasteiger partial charge in [-0.2, -0.15) is 0 Å². The minimum absolute atomic E-state index is 0.0450. The Bertz CT molecular complexity index is 740. The number of rotatable bonds is 9. The van der Waals surface area contributed by atoms with Crippen molar-refractivity contribution in [3.05, 3.63) is 54.0 Å². The lowest BCUT2D eigenvalue weighted by Gasteiger charge is -2.06. The Kier molecular flexibility index (Phi) is 6.53. The van der Waals surface area contributed by atoms with Crippen molar-refractivity contribution in [3.8, 4) is 0 Å². The molecule has 24 heavy (non-hydrogen) atoms. The highest BCUT2D eigenvalue weighted by Gasteiger charge is 2.06. The number of hydrogen-bond acceptors (Lipinski definition) is 5. The zero-order valence-electron chi connectivity index (χ0n) is 13.2. The highest BCUT2D eigenvalue weighted by Crippen LogP contribution is 2.08. The topological polar surface area (TPSA) is 114 Å². The molecule has 130 valence electrons. The molecule has 0 fully saturated rings. The van der Waals surface area contributed by atoms with Crippen LogP contribution in [0.1, 0.15) is 17.7 Å². The monoisotopic (exact) mass is 351 g/mol. The second-order valence-corrected chi connectivity index (χ2v) is 6.86. The van der Waals surface area contributed by atoms with E-state index in [2.05, 4.69) is 10.6 Å². The van der Waals surface area contributed by atoms with Gasteiger partial charge in [0.2, 0.25) is 15.9 Å². The van der Waals surface area contributed by atoms with Crippen LogP contribution in [0, 0.1) is 0 Å². The summed E-state index contributed by atoms with van der Waals surface area (Å²) in [6.07, 6.45) is 2.68. The molecular formula is C16H21N3O4S. The van der Waals surface area contributed by atoms with Gasteiger partial charge in [0.25, 0.3) is 0 Å². The van der Waals surface area contributed by atoms with Crippen LogP contribution in [0.5, 0.6) is 0 Å². The molecule has 7 nitrogen and oxygen atoms in total. The number of nitrogens with two attached hydrogens (primary N) is 1. The van der Waals surface area contributed by atoms with Gasteiger partial charge in [-0.1, -0.05) is 12.1 Å². The van der Waals surface area contributed by atoms with Gasteiger partial charge >= 0.3 is 0 Å². The second-order valence-electron chi connectivity index (χ2n) is 5.30. The Morgan fingerprint density at radius 2 is 1.88 bits per heavy atom. The molecule has 2 rings (SSSR count). The molecular weight excluding hydrogens is 330 g/mol. The fourth-order valence-electron chi connectivity index (χ4n) is 2.09. The van der Waals surface area contributed by atoms with Crippen molar-refractivity contribution in [2.45, 2.75) is 24.3 Å². The minimum atomic E-state index is -3.65. The van der Waals surface area contributed by atoms with E-state index in [1.807, 2.05) is 0 Å². The molecule has 0 atom stereocenters. The van der Waals surface area contributed by atoms with E-state index in [0.717, 1.165) is 17.7 Å². The molecule has 0 radical (unpaired) electrons. The van der Waals surface area contributed by atoms with E-state index in [-0.39, 0.29) is 10.8 Å². The largest absolute Gasteiger partial charge is 0.467 e. The van der Waals surface area contributed by atoms with Crippen LogP contribution in [-0.2, 0) is 27.8 Å². The Balaban J connectivity index is 1.60. The third-order valence-electron chi connectivity index (χ3n) is 3.41. The maximum atomic E-state index is 11.6. The van der Waals surface area contributed by atoms with Crippen molar-refractivity contribution < 1.29 is 17.6 Å². The summed E-state index contributed by atoms with van der Waals surface area (Å²) in [5.74, 6) is 0.677. The second kappa shape index (κ2) is 8.62. The number of nitrogens with one attached hydrogen (secondary N) is 2. The van der Waals surface area contributed by atoms with Crippen molar-refractivity contribution in [2.24, 2.45) is 5.14 Å². The molecule has 0 bridgehead atoms. The molecule has 2 aromatic rings. The van der Waals surface area contributed by atoms with E-state index in [1.165, 1.54) is 12.1 Å². The highest BCUT2D eigenvalue weighted by molar-refractivity contribution is 7.89. The van der Waals surface area contributed by atoms with Gasteiger partial charge < -0.3 is 15.1 Å². The number of carbonyl (C=O) groups is 1. The first-order valence-electron chi connectivity index (χ1n) is 7.57. The van der Waals surface area contributed by atoms with E-state index in [1.54, 1.807) is 30.5 Å². The lowest BCUT2D eigenvalue weighted by molar-refractivity contribution is -0.121. The van der Waals surface area contributed by atoms with Gasteiger partial charge in [0.05, 0.1) is 17.7 Å². The van der Waals surface area contributed by atoms with Crippen LogP contribution in [0.3, 0.4) is 0 Å². The fraction of sp³-hybridized carbons (Fsp3) is 0.312. The first-order chi connectivity index (χ1) is 11.4. The number of benzene rings is 1. The first kappa shape index (κ1) is 18.2. The van der Waals surface area contributed by atoms with Gasteiger partial charge in [-0.25, -0.2) is 13.6 Å². The summed E-state index contributed by atoms with van der Waals surface area (Å²) in [6, 6.07) is 10.0. The lowest BCUT2D eigenvalue weighted by Crippen LogP contribution is -2.28. The molecule has 0 unspecified atom stereocenters. The van der Waals surface area contributed by atoms with Crippen molar-refractivity contribution in [1.82, 2.24) is 10.6 Å². The molecule has 1 aromatic carbocycles. The maximum Gasteiger partial charge on any atom is 0.238 e. The summed E-state index contributed by atoms with van der Waals surface area (Å²) in [6.45, 7) is 1.65. The van der Waals surface area contributed by atoms with Crippen molar-refractivity contribution in [2.75, 3.05) is 13.1 Å². The summed E-state index contributed by atoms with van der Waals surface area (Å²) in [5, 5.41) is 11.0. The molecule has 0 saturated heterocycles. The normalized spacial score (nSPS) is 11.4. The number of hydrogen-bond donors (Lipinski definition) is 3. The van der Waals surface area contributed by atoms with Crippen molar-refractivity contribution in [1.29, 1.82) is 0 Å². The molecule has 0 spiro atoms. The smallest absolute Gasteiger partial charge is 0.238 e. The van der Waals surface area contributed by atoms with Gasteiger partial charge in [-0.15, -0.1) is 0 Å². The Morgan fingerprint density at radius 1 is 1.12 bits per heavy atom. The van der Waals surface area contributed by atoms with Crippen LogP contribution in [-0.4, -0.2) is 27.4 Å². The molecule has 1 heterocycles. The van der Waals surface area contributed by atoms with Crippen LogP contribution in [0.4, 0.5) is 0 Å². The number of primary sulfonamides is 1. The molecule has 1 aromatic heterocycles. The average Bonchev–Trinajstić information content (AvgIpc) is 3.05. The average molecular weight is 351 g/mol. The molecule has 0 aliphatic rings. The summed E-state index contributed by atoms with van der Waals surface area (Å²) in [7, 11) is -3.65. The Hall–Kier alpha value is -2.16. The van der Waals surface area contributed by atoms with Gasteiger partial charge in [-0.3, -0.25) is 4.79 Å². The maximum absolute atomic E-state index is 11.6. The zero-order valence-corrected chi connectivity index (χ0v) is 14.0. The predicted molar refractivity (Wildman–Crippen MR) is 89.6 cm³/mol. The van der Waals surface area contributed by atoms with Crippen LogP contribution in [0.25, 0.3) is 0 Å². The predicted octanol–water partition coefficient (Wildman–Crippen LogP) is 0.766. The number of sulfonamides is 1. The van der Waals surface area contributed by atoms with Crippen molar-refractivity contribution in [3.63, 3.8) is 0 Å².